The lowest BCUT2D eigenvalue weighted by atomic mass is 10.2. The molecular formula is C13H13N2O3S. The first-order chi connectivity index (χ1) is 8.96. The van der Waals surface area contributed by atoms with E-state index < -0.39 is 15.9 Å². The van der Waals surface area contributed by atoms with Crippen LogP contribution in [-0.4, -0.2) is 14.3 Å². The van der Waals surface area contributed by atoms with Crippen LogP contribution in [0.5, 0.6) is 0 Å². The van der Waals surface area contributed by atoms with Crippen LogP contribution in [0.4, 0.5) is 0 Å². The molecule has 0 bridgehead atoms. The van der Waals surface area contributed by atoms with Gasteiger partial charge in [-0.05, 0) is 24.6 Å². The molecule has 1 heterocycles. The summed E-state index contributed by atoms with van der Waals surface area (Å²) in [7, 11) is -3.61. The molecular weight excluding hydrogens is 264 g/mol. The van der Waals surface area contributed by atoms with E-state index in [1.807, 2.05) is 6.07 Å². The fourth-order valence-electron chi connectivity index (χ4n) is 1.61. The summed E-state index contributed by atoms with van der Waals surface area (Å²) < 4.78 is 26.1. The summed E-state index contributed by atoms with van der Waals surface area (Å²) in [6, 6.07) is 8.76. The minimum Gasteiger partial charge on any atom is -0.278 e. The molecule has 6 heteroatoms. The van der Waals surface area contributed by atoms with Crippen molar-refractivity contribution in [3.8, 4) is 0 Å². The van der Waals surface area contributed by atoms with Gasteiger partial charge in [0.15, 0.2) is 0 Å². The molecule has 0 saturated carbocycles. The third-order valence-electron chi connectivity index (χ3n) is 2.46. The second kappa shape index (κ2) is 5.27. The van der Waals surface area contributed by atoms with Crippen molar-refractivity contribution in [2.45, 2.75) is 12.7 Å². The topological polar surface area (TPSA) is 77.3 Å². The molecule has 0 unspecified atom stereocenters. The quantitative estimate of drug-likeness (QED) is 0.893. The maximum atomic E-state index is 11.9. The van der Waals surface area contributed by atoms with Crippen molar-refractivity contribution in [3.63, 3.8) is 0 Å². The van der Waals surface area contributed by atoms with Crippen LogP contribution in [0.15, 0.2) is 53.9 Å². The molecule has 1 aromatic carbocycles. The van der Waals surface area contributed by atoms with Crippen LogP contribution in [0.2, 0.25) is 0 Å². The molecule has 0 saturated heterocycles. The predicted molar refractivity (Wildman–Crippen MR) is 71.2 cm³/mol. The molecule has 2 rings (SSSR count). The number of carbonyl (C=O) groups is 1. The van der Waals surface area contributed by atoms with E-state index >= 15 is 0 Å². The maximum absolute atomic E-state index is 11.9. The molecule has 5 nitrogen and oxygen atoms in total. The summed E-state index contributed by atoms with van der Waals surface area (Å²) in [5, 5.41) is 3.68. The van der Waals surface area contributed by atoms with Crippen LogP contribution in [0.3, 0.4) is 0 Å². The summed E-state index contributed by atoms with van der Waals surface area (Å²) in [5.41, 5.74) is 1.18. The first kappa shape index (κ1) is 13.4. The Kier molecular flexibility index (Phi) is 3.71. The van der Waals surface area contributed by atoms with Crippen molar-refractivity contribution in [3.05, 3.63) is 59.4 Å². The summed E-state index contributed by atoms with van der Waals surface area (Å²) in [4.78, 5) is 11.5. The summed E-state index contributed by atoms with van der Waals surface area (Å²) in [6.45, 7) is 1.67. The van der Waals surface area contributed by atoms with Crippen molar-refractivity contribution < 1.29 is 13.2 Å². The molecule has 1 amide bonds. The van der Waals surface area contributed by atoms with Crippen molar-refractivity contribution in [2.24, 2.45) is 0 Å². The molecule has 0 aromatic heterocycles. The molecule has 1 radical (unpaired) electrons. The van der Waals surface area contributed by atoms with Gasteiger partial charge in [-0.1, -0.05) is 30.3 Å². The number of rotatable bonds is 4. The first-order valence-electron chi connectivity index (χ1n) is 5.65. The number of hydrogen-bond acceptors (Lipinski definition) is 3. The average molecular weight is 277 g/mol. The van der Waals surface area contributed by atoms with Crippen molar-refractivity contribution in [1.29, 1.82) is 0 Å². The number of nitrogens with zero attached hydrogens (tertiary/aromatic N) is 1. The SMILES string of the molecule is CC1=CC=C(NS(=O)(=O)Cc2ccccc2)C(=O)[N]1. The molecule has 1 aromatic rings. The lowest BCUT2D eigenvalue weighted by Crippen LogP contribution is -2.33. The van der Waals surface area contributed by atoms with E-state index in [1.165, 1.54) is 6.08 Å². The van der Waals surface area contributed by atoms with E-state index in [0.717, 1.165) is 0 Å². The van der Waals surface area contributed by atoms with Crippen molar-refractivity contribution in [2.75, 3.05) is 0 Å². The van der Waals surface area contributed by atoms with E-state index in [2.05, 4.69) is 10.0 Å². The lowest BCUT2D eigenvalue weighted by Gasteiger charge is -2.13. The second-order valence-corrected chi connectivity index (χ2v) is 5.87. The van der Waals surface area contributed by atoms with E-state index in [-0.39, 0.29) is 11.4 Å². The van der Waals surface area contributed by atoms with Gasteiger partial charge in [0.05, 0.1) is 5.75 Å². The minimum atomic E-state index is -3.61. The number of nitrogens with one attached hydrogen (secondary N) is 1. The zero-order valence-corrected chi connectivity index (χ0v) is 11.1. The average Bonchev–Trinajstić information content (AvgIpc) is 2.33. The van der Waals surface area contributed by atoms with Crippen LogP contribution in [0.25, 0.3) is 0 Å². The molecule has 1 aliphatic heterocycles. The predicted octanol–water partition coefficient (Wildman–Crippen LogP) is 1.04. The zero-order chi connectivity index (χ0) is 13.9. The van der Waals surface area contributed by atoms with Crippen LogP contribution in [0, 0.1) is 0 Å². The van der Waals surface area contributed by atoms with Gasteiger partial charge in [0.1, 0.15) is 5.70 Å². The van der Waals surface area contributed by atoms with Gasteiger partial charge in [-0.2, -0.15) is 0 Å². The van der Waals surface area contributed by atoms with Crippen LogP contribution in [-0.2, 0) is 20.6 Å². The normalized spacial score (nSPS) is 15.3. The highest BCUT2D eigenvalue weighted by Crippen LogP contribution is 2.09. The standard InChI is InChI=1S/C13H13N2O3S/c1-10-7-8-12(13(16)14-10)15-19(17,18)9-11-5-3-2-4-6-11/h2-8,15H,9H2,1H3. The summed E-state index contributed by atoms with van der Waals surface area (Å²) in [5.74, 6) is -0.752. The Morgan fingerprint density at radius 3 is 2.47 bits per heavy atom. The highest BCUT2D eigenvalue weighted by Gasteiger charge is 2.20. The molecule has 0 atom stereocenters. The van der Waals surface area contributed by atoms with Gasteiger partial charge in [-0.15, -0.1) is 0 Å². The summed E-state index contributed by atoms with van der Waals surface area (Å²) in [6.07, 6.45) is 3.01. The van der Waals surface area contributed by atoms with Gasteiger partial charge in [-0.25, -0.2) is 13.7 Å². The van der Waals surface area contributed by atoms with Crippen molar-refractivity contribution >= 4 is 15.9 Å². The Hall–Kier alpha value is -2.08. The Balaban J connectivity index is 2.12. The van der Waals surface area contributed by atoms with Crippen LogP contribution in [0.1, 0.15) is 12.5 Å². The number of carbonyl (C=O) groups excluding carboxylic acids is 1. The van der Waals surface area contributed by atoms with E-state index in [0.29, 0.717) is 11.3 Å². The molecule has 99 valence electrons. The largest absolute Gasteiger partial charge is 0.294 e. The monoisotopic (exact) mass is 277 g/mol. The van der Waals surface area contributed by atoms with E-state index in [4.69, 9.17) is 0 Å². The fourth-order valence-corrected chi connectivity index (χ4v) is 2.80. The van der Waals surface area contributed by atoms with E-state index in [1.54, 1.807) is 37.3 Å². The number of benzene rings is 1. The third kappa shape index (κ3) is 3.69. The van der Waals surface area contributed by atoms with Crippen LogP contribution >= 0.6 is 0 Å². The highest BCUT2D eigenvalue weighted by atomic mass is 32.2. The molecule has 1 N–H and O–H groups in total. The van der Waals surface area contributed by atoms with Gasteiger partial charge < -0.3 is 0 Å². The maximum Gasteiger partial charge on any atom is 0.294 e. The minimum absolute atomic E-state index is 0.0264. The number of hydrogen-bond donors (Lipinski definition) is 1. The molecule has 19 heavy (non-hydrogen) atoms. The fraction of sp³-hybridized carbons (Fsp3) is 0.154. The first-order valence-corrected chi connectivity index (χ1v) is 7.30. The molecule has 1 aliphatic rings. The van der Waals surface area contributed by atoms with Gasteiger partial charge in [-0.3, -0.25) is 9.52 Å². The highest BCUT2D eigenvalue weighted by molar-refractivity contribution is 7.88. The third-order valence-corrected chi connectivity index (χ3v) is 3.71. The number of allylic oxidation sites excluding steroid dienone is 3. The van der Waals surface area contributed by atoms with E-state index in [9.17, 15) is 13.2 Å². The Labute approximate surface area is 112 Å². The van der Waals surface area contributed by atoms with Gasteiger partial charge in [0.2, 0.25) is 10.0 Å². The Morgan fingerprint density at radius 2 is 1.84 bits per heavy atom. The smallest absolute Gasteiger partial charge is 0.278 e. The molecule has 0 aliphatic carbocycles. The zero-order valence-electron chi connectivity index (χ0n) is 10.3. The molecule has 0 fully saturated rings. The Morgan fingerprint density at radius 1 is 1.16 bits per heavy atom. The number of sulfonamides is 1. The van der Waals surface area contributed by atoms with Gasteiger partial charge in [0.25, 0.3) is 5.91 Å². The second-order valence-electron chi connectivity index (χ2n) is 4.15. The van der Waals surface area contributed by atoms with Gasteiger partial charge >= 0.3 is 0 Å². The Bertz CT molecular complexity index is 646. The lowest BCUT2D eigenvalue weighted by molar-refractivity contribution is -0.117. The molecule has 0 spiro atoms. The summed E-state index contributed by atoms with van der Waals surface area (Å²) >= 11 is 0. The van der Waals surface area contributed by atoms with Crippen LogP contribution < -0.4 is 10.0 Å². The van der Waals surface area contributed by atoms with Crippen molar-refractivity contribution in [1.82, 2.24) is 10.0 Å². The number of amides is 1. The van der Waals surface area contributed by atoms with Gasteiger partial charge in [0, 0.05) is 5.70 Å².